The summed E-state index contributed by atoms with van der Waals surface area (Å²) >= 11 is 1.41. The Bertz CT molecular complexity index is 1310. The molecule has 35 heavy (non-hydrogen) atoms. The van der Waals surface area contributed by atoms with Crippen LogP contribution >= 0.6 is 11.8 Å². The normalized spacial score (nSPS) is 16.7. The highest BCUT2D eigenvalue weighted by Crippen LogP contribution is 2.38. The molecule has 1 aliphatic heterocycles. The maximum atomic E-state index is 13.6. The maximum Gasteiger partial charge on any atom is 0.240 e. The molecule has 0 saturated heterocycles. The van der Waals surface area contributed by atoms with Crippen LogP contribution in [0.3, 0.4) is 0 Å². The van der Waals surface area contributed by atoms with Gasteiger partial charge in [0.15, 0.2) is 5.82 Å². The molecule has 2 heterocycles. The van der Waals surface area contributed by atoms with Crippen LogP contribution in [0.5, 0.6) is 5.75 Å². The Labute approximate surface area is 208 Å². The predicted octanol–water partition coefficient (Wildman–Crippen LogP) is 5.13. The van der Waals surface area contributed by atoms with Crippen LogP contribution < -0.4 is 15.5 Å². The minimum Gasteiger partial charge on any atom is -0.486 e. The first-order chi connectivity index (χ1) is 17.1. The fourth-order valence-electron chi connectivity index (χ4n) is 4.04. The number of amides is 1. The van der Waals surface area contributed by atoms with Crippen LogP contribution in [-0.4, -0.2) is 26.0 Å². The van der Waals surface area contributed by atoms with E-state index in [0.29, 0.717) is 11.0 Å². The van der Waals surface area contributed by atoms with Gasteiger partial charge in [0.2, 0.25) is 11.1 Å². The third-order valence-electron chi connectivity index (χ3n) is 5.97. The molecule has 0 spiro atoms. The number of hydrogen-bond donors (Lipinski definition) is 2. The molecule has 3 aromatic carbocycles. The number of thioether (sulfide) groups is 1. The van der Waals surface area contributed by atoms with Gasteiger partial charge in [-0.15, -0.1) is 10.2 Å². The number of fused-ring (bicyclic) bond motifs is 1. The van der Waals surface area contributed by atoms with Gasteiger partial charge in [-0.05, 0) is 42.7 Å². The number of anilines is 1. The summed E-state index contributed by atoms with van der Waals surface area (Å²) in [6.45, 7) is 4.39. The molecule has 5 rings (SSSR count). The molecule has 0 bridgehead atoms. The Balaban J connectivity index is 1.43. The average molecular weight is 486 g/mol. The van der Waals surface area contributed by atoms with Gasteiger partial charge >= 0.3 is 0 Å². The van der Waals surface area contributed by atoms with Crippen LogP contribution in [0.25, 0.3) is 0 Å². The van der Waals surface area contributed by atoms with Crippen molar-refractivity contribution in [3.63, 3.8) is 0 Å². The van der Waals surface area contributed by atoms with Crippen molar-refractivity contribution >= 4 is 23.4 Å². The smallest absolute Gasteiger partial charge is 0.240 e. The van der Waals surface area contributed by atoms with Crippen molar-refractivity contribution in [2.75, 3.05) is 10.7 Å². The van der Waals surface area contributed by atoms with Crippen molar-refractivity contribution in [1.29, 1.82) is 0 Å². The van der Waals surface area contributed by atoms with Crippen molar-refractivity contribution in [2.24, 2.45) is 0 Å². The quantitative estimate of drug-likeness (QED) is 0.378. The number of ether oxygens (including phenoxy) is 1. The highest BCUT2D eigenvalue weighted by molar-refractivity contribution is 8.00. The summed E-state index contributed by atoms with van der Waals surface area (Å²) in [6.07, 6.45) is 0.840. The molecule has 0 aliphatic carbocycles. The lowest BCUT2D eigenvalue weighted by Gasteiger charge is -2.33. The molecular weight excluding hydrogens is 458 g/mol. The fourth-order valence-corrected chi connectivity index (χ4v) is 5.13. The van der Waals surface area contributed by atoms with Crippen molar-refractivity contribution < 1.29 is 9.53 Å². The lowest BCUT2D eigenvalue weighted by Crippen LogP contribution is -2.41. The first-order valence-corrected chi connectivity index (χ1v) is 12.5. The minimum atomic E-state index is -0.442. The van der Waals surface area contributed by atoms with Gasteiger partial charge in [0.05, 0.1) is 6.04 Å². The zero-order valence-corrected chi connectivity index (χ0v) is 20.5. The van der Waals surface area contributed by atoms with E-state index >= 15 is 0 Å². The van der Waals surface area contributed by atoms with Crippen LogP contribution in [0.15, 0.2) is 84.0 Å². The molecule has 0 radical (unpaired) electrons. The number of nitrogens with zero attached hydrogens (tertiary/aromatic N) is 3. The van der Waals surface area contributed by atoms with E-state index in [-0.39, 0.29) is 18.6 Å². The van der Waals surface area contributed by atoms with Crippen molar-refractivity contribution in [1.82, 2.24) is 14.9 Å². The molecule has 2 atom stereocenters. The van der Waals surface area contributed by atoms with E-state index in [2.05, 4.69) is 59.1 Å². The van der Waals surface area contributed by atoms with Crippen LogP contribution in [-0.2, 0) is 17.8 Å². The van der Waals surface area contributed by atoms with Crippen molar-refractivity contribution in [3.05, 3.63) is 101 Å². The largest absolute Gasteiger partial charge is 0.486 e. The zero-order valence-electron chi connectivity index (χ0n) is 19.6. The van der Waals surface area contributed by atoms with E-state index in [9.17, 15) is 4.79 Å². The molecule has 0 fully saturated rings. The van der Waals surface area contributed by atoms with Crippen LogP contribution in [0.2, 0.25) is 0 Å². The molecular formula is C27H27N5O2S. The number of hydrogen-bond acceptors (Lipinski definition) is 6. The molecule has 7 nitrogen and oxygen atoms in total. The Morgan fingerprint density at radius 3 is 2.54 bits per heavy atom. The van der Waals surface area contributed by atoms with Gasteiger partial charge in [0.25, 0.3) is 0 Å². The van der Waals surface area contributed by atoms with Gasteiger partial charge in [-0.1, -0.05) is 84.9 Å². The molecule has 1 aliphatic rings. The lowest BCUT2D eigenvalue weighted by atomic mass is 10.0. The highest BCUT2D eigenvalue weighted by atomic mass is 32.2. The topological polar surface area (TPSA) is 81.1 Å². The summed E-state index contributed by atoms with van der Waals surface area (Å²) < 4.78 is 7.74. The highest BCUT2D eigenvalue weighted by Gasteiger charge is 2.38. The fraction of sp³-hybridized carbons (Fsp3) is 0.222. The number of benzene rings is 3. The minimum absolute atomic E-state index is 0.0784. The van der Waals surface area contributed by atoms with Gasteiger partial charge in [0, 0.05) is 5.69 Å². The van der Waals surface area contributed by atoms with E-state index in [1.54, 1.807) is 0 Å². The van der Waals surface area contributed by atoms with Gasteiger partial charge in [-0.25, -0.2) is 4.68 Å². The number of nitrogens with one attached hydrogen (secondary N) is 2. The van der Waals surface area contributed by atoms with Gasteiger partial charge in [-0.3, -0.25) is 4.79 Å². The van der Waals surface area contributed by atoms with Crippen LogP contribution in [0.4, 0.5) is 5.69 Å². The first kappa shape index (κ1) is 23.0. The Morgan fingerprint density at radius 2 is 1.77 bits per heavy atom. The second kappa shape index (κ2) is 10.2. The summed E-state index contributed by atoms with van der Waals surface area (Å²) in [5.74, 6) is 1.32. The zero-order chi connectivity index (χ0) is 24.2. The van der Waals surface area contributed by atoms with Crippen LogP contribution in [0.1, 0.15) is 35.5 Å². The number of carbonyl (C=O) groups is 1. The number of rotatable bonds is 7. The number of carbonyl (C=O) groups excluding carboxylic acids is 1. The SMILES string of the molecule is CCc1ccccc1NC(=O)[C@H]1Sc2nnc(COc3ccccc3)n2N[C@@H]1c1ccc(C)cc1. The van der Waals surface area contributed by atoms with E-state index in [1.807, 2.05) is 59.3 Å². The number of aryl methyl sites for hydroxylation is 2. The summed E-state index contributed by atoms with van der Waals surface area (Å²) in [5, 5.41) is 12.0. The lowest BCUT2D eigenvalue weighted by molar-refractivity contribution is -0.116. The van der Waals surface area contributed by atoms with E-state index in [1.165, 1.54) is 11.8 Å². The Hall–Kier alpha value is -3.78. The third-order valence-corrected chi connectivity index (χ3v) is 7.18. The number of para-hydroxylation sites is 2. The monoisotopic (exact) mass is 485 g/mol. The summed E-state index contributed by atoms with van der Waals surface area (Å²) in [6, 6.07) is 25.5. The average Bonchev–Trinajstić information content (AvgIpc) is 3.30. The molecule has 1 amide bonds. The summed E-state index contributed by atoms with van der Waals surface area (Å²) in [4.78, 5) is 13.6. The van der Waals surface area contributed by atoms with E-state index in [4.69, 9.17) is 4.74 Å². The second-order valence-corrected chi connectivity index (χ2v) is 9.50. The second-order valence-electron chi connectivity index (χ2n) is 8.39. The maximum absolute atomic E-state index is 13.6. The predicted molar refractivity (Wildman–Crippen MR) is 138 cm³/mol. The standard InChI is InChI=1S/C27H27N5O2S/c1-3-19-9-7-8-12-22(19)28-26(33)25-24(20-15-13-18(2)14-16-20)31-32-23(29-30-27(32)35-25)17-34-21-10-5-4-6-11-21/h4-16,24-25,31H,3,17H2,1-2H3,(H,28,33)/t24-,25+/m1/s1. The third kappa shape index (κ3) is 5.02. The van der Waals surface area contributed by atoms with E-state index < -0.39 is 5.25 Å². The molecule has 1 aromatic heterocycles. The molecule has 4 aromatic rings. The Morgan fingerprint density at radius 1 is 1.03 bits per heavy atom. The van der Waals surface area contributed by atoms with Crippen LogP contribution in [0, 0.1) is 6.92 Å². The van der Waals surface area contributed by atoms with Crippen molar-refractivity contribution in [2.45, 2.75) is 43.3 Å². The van der Waals surface area contributed by atoms with Gasteiger partial charge in [-0.2, -0.15) is 0 Å². The van der Waals surface area contributed by atoms with Crippen molar-refractivity contribution in [3.8, 4) is 5.75 Å². The molecule has 8 heteroatoms. The van der Waals surface area contributed by atoms with Gasteiger partial charge < -0.3 is 15.5 Å². The first-order valence-electron chi connectivity index (χ1n) is 11.6. The Kier molecular flexibility index (Phi) is 6.72. The number of aromatic nitrogens is 3. The summed E-state index contributed by atoms with van der Waals surface area (Å²) in [5.41, 5.74) is 7.61. The molecule has 178 valence electrons. The molecule has 0 unspecified atom stereocenters. The van der Waals surface area contributed by atoms with E-state index in [0.717, 1.165) is 34.5 Å². The molecule has 2 N–H and O–H groups in total. The summed E-state index contributed by atoms with van der Waals surface area (Å²) in [7, 11) is 0. The van der Waals surface area contributed by atoms with Gasteiger partial charge in [0.1, 0.15) is 17.6 Å². The molecule has 0 saturated carbocycles.